The fourth-order valence-electron chi connectivity index (χ4n) is 4.13. The molecule has 2 fully saturated rings. The van der Waals surface area contributed by atoms with Crippen molar-refractivity contribution >= 4 is 11.7 Å². The molecule has 0 radical (unpaired) electrons. The van der Waals surface area contributed by atoms with E-state index in [1.54, 1.807) is 12.4 Å². The van der Waals surface area contributed by atoms with Gasteiger partial charge in [0.05, 0.1) is 0 Å². The number of ether oxygens (including phenoxy) is 1. The zero-order valence-corrected chi connectivity index (χ0v) is 17.1. The summed E-state index contributed by atoms with van der Waals surface area (Å²) >= 11 is 0. The van der Waals surface area contributed by atoms with Crippen molar-refractivity contribution in [2.24, 2.45) is 5.92 Å². The van der Waals surface area contributed by atoms with Crippen LogP contribution >= 0.6 is 0 Å². The Labute approximate surface area is 172 Å². The maximum Gasteiger partial charge on any atom is 0.263 e. The highest BCUT2D eigenvalue weighted by molar-refractivity contribution is 5.94. The highest BCUT2D eigenvalue weighted by Gasteiger charge is 2.21. The minimum atomic E-state index is -0.00826. The maximum atomic E-state index is 12.5. The number of piperidine rings is 1. The molecule has 154 valence electrons. The van der Waals surface area contributed by atoms with Crippen LogP contribution in [-0.4, -0.2) is 35.0 Å². The van der Waals surface area contributed by atoms with Gasteiger partial charge in [-0.15, -0.1) is 0 Å². The standard InChI is InChI=1S/C23H30N4O2/c1-17-11-15-27(16-12-17)21-23(25-14-13-24-21)29-20-9-7-18(8-10-20)22(28)26-19-5-3-2-4-6-19/h7-10,13-14,17,19H,2-6,11-12,15-16H2,1H3,(H,26,28). The van der Waals surface area contributed by atoms with Gasteiger partial charge in [-0.2, -0.15) is 0 Å². The van der Waals surface area contributed by atoms with Crippen LogP contribution in [0.4, 0.5) is 5.82 Å². The molecule has 4 rings (SSSR count). The number of hydrogen-bond donors (Lipinski definition) is 1. The van der Waals surface area contributed by atoms with Crippen molar-refractivity contribution in [3.63, 3.8) is 0 Å². The first-order valence-electron chi connectivity index (χ1n) is 10.8. The fraction of sp³-hybridized carbons (Fsp3) is 0.522. The van der Waals surface area contributed by atoms with Crippen LogP contribution in [0.2, 0.25) is 0 Å². The second-order valence-corrected chi connectivity index (χ2v) is 8.29. The number of benzene rings is 1. The summed E-state index contributed by atoms with van der Waals surface area (Å²) < 4.78 is 6.03. The smallest absolute Gasteiger partial charge is 0.263 e. The van der Waals surface area contributed by atoms with E-state index >= 15 is 0 Å². The molecule has 2 aromatic rings. The van der Waals surface area contributed by atoms with E-state index in [4.69, 9.17) is 4.74 Å². The molecule has 1 aromatic heterocycles. The minimum Gasteiger partial charge on any atom is -0.436 e. The molecule has 6 nitrogen and oxygen atoms in total. The summed E-state index contributed by atoms with van der Waals surface area (Å²) in [7, 11) is 0. The third kappa shape index (κ3) is 5.05. The van der Waals surface area contributed by atoms with Gasteiger partial charge in [0.15, 0.2) is 5.82 Å². The number of anilines is 1. The van der Waals surface area contributed by atoms with E-state index in [-0.39, 0.29) is 5.91 Å². The predicted molar refractivity (Wildman–Crippen MR) is 113 cm³/mol. The van der Waals surface area contributed by atoms with E-state index in [2.05, 4.69) is 27.1 Å². The molecule has 0 spiro atoms. The molecular weight excluding hydrogens is 364 g/mol. The number of carbonyl (C=O) groups excluding carboxylic acids is 1. The highest BCUT2D eigenvalue weighted by Crippen LogP contribution is 2.31. The Morgan fingerprint density at radius 2 is 1.69 bits per heavy atom. The van der Waals surface area contributed by atoms with E-state index in [1.807, 2.05) is 24.3 Å². The van der Waals surface area contributed by atoms with E-state index < -0.39 is 0 Å². The van der Waals surface area contributed by atoms with Gasteiger partial charge < -0.3 is 15.0 Å². The number of nitrogens with one attached hydrogen (secondary N) is 1. The Morgan fingerprint density at radius 1 is 1.00 bits per heavy atom. The first kappa shape index (κ1) is 19.7. The average Bonchev–Trinajstić information content (AvgIpc) is 2.76. The molecule has 1 aliphatic carbocycles. The molecule has 1 saturated carbocycles. The Balaban J connectivity index is 1.41. The lowest BCUT2D eigenvalue weighted by molar-refractivity contribution is 0.0927. The molecule has 1 aliphatic heterocycles. The number of amides is 1. The van der Waals surface area contributed by atoms with Crippen LogP contribution in [0.1, 0.15) is 62.2 Å². The Bertz CT molecular complexity index is 810. The molecule has 0 bridgehead atoms. The van der Waals surface area contributed by atoms with E-state index in [0.29, 0.717) is 23.2 Å². The third-order valence-corrected chi connectivity index (χ3v) is 6.00. The van der Waals surface area contributed by atoms with Crippen molar-refractivity contribution in [1.29, 1.82) is 0 Å². The summed E-state index contributed by atoms with van der Waals surface area (Å²) in [6.07, 6.45) is 11.5. The topological polar surface area (TPSA) is 67.3 Å². The lowest BCUT2D eigenvalue weighted by Gasteiger charge is -2.31. The van der Waals surface area contributed by atoms with Crippen molar-refractivity contribution in [3.8, 4) is 11.6 Å². The third-order valence-electron chi connectivity index (χ3n) is 6.00. The molecular formula is C23H30N4O2. The fourth-order valence-corrected chi connectivity index (χ4v) is 4.13. The molecule has 2 aliphatic rings. The molecule has 6 heteroatoms. The van der Waals surface area contributed by atoms with Gasteiger partial charge in [-0.3, -0.25) is 4.79 Å². The summed E-state index contributed by atoms with van der Waals surface area (Å²) in [4.78, 5) is 23.6. The van der Waals surface area contributed by atoms with Crippen LogP contribution in [0, 0.1) is 5.92 Å². The van der Waals surface area contributed by atoms with Gasteiger partial charge in [0.2, 0.25) is 0 Å². The zero-order valence-electron chi connectivity index (χ0n) is 17.1. The Kier molecular flexibility index (Phi) is 6.27. The van der Waals surface area contributed by atoms with Gasteiger partial charge in [-0.25, -0.2) is 9.97 Å². The number of carbonyl (C=O) groups is 1. The van der Waals surface area contributed by atoms with Gasteiger partial charge in [-0.05, 0) is 55.9 Å². The molecule has 1 amide bonds. The number of hydrogen-bond acceptors (Lipinski definition) is 5. The van der Waals surface area contributed by atoms with Crippen LogP contribution in [0.15, 0.2) is 36.7 Å². The quantitative estimate of drug-likeness (QED) is 0.805. The SMILES string of the molecule is CC1CCN(c2nccnc2Oc2ccc(C(=O)NC3CCCCC3)cc2)CC1. The molecule has 1 saturated heterocycles. The highest BCUT2D eigenvalue weighted by atomic mass is 16.5. The number of aromatic nitrogens is 2. The predicted octanol–water partition coefficient (Wildman–Crippen LogP) is 4.57. The van der Waals surface area contributed by atoms with Gasteiger partial charge in [-0.1, -0.05) is 26.2 Å². The van der Waals surface area contributed by atoms with Crippen molar-refractivity contribution in [3.05, 3.63) is 42.2 Å². The first-order chi connectivity index (χ1) is 14.2. The number of rotatable bonds is 5. The molecule has 1 N–H and O–H groups in total. The van der Waals surface area contributed by atoms with Crippen LogP contribution < -0.4 is 15.0 Å². The Hall–Kier alpha value is -2.63. The van der Waals surface area contributed by atoms with Crippen LogP contribution in [-0.2, 0) is 0 Å². The van der Waals surface area contributed by atoms with Gasteiger partial charge in [0.25, 0.3) is 11.8 Å². The van der Waals surface area contributed by atoms with E-state index in [0.717, 1.165) is 50.5 Å². The molecule has 0 atom stereocenters. The van der Waals surface area contributed by atoms with Gasteiger partial charge in [0.1, 0.15) is 5.75 Å². The maximum absolute atomic E-state index is 12.5. The summed E-state index contributed by atoms with van der Waals surface area (Å²) in [5, 5.41) is 3.15. The second kappa shape index (κ2) is 9.25. The first-order valence-corrected chi connectivity index (χ1v) is 10.8. The van der Waals surface area contributed by atoms with E-state index in [1.165, 1.54) is 19.3 Å². The van der Waals surface area contributed by atoms with Crippen molar-refractivity contribution in [1.82, 2.24) is 15.3 Å². The number of nitrogens with zero attached hydrogens (tertiary/aromatic N) is 3. The molecule has 29 heavy (non-hydrogen) atoms. The largest absolute Gasteiger partial charge is 0.436 e. The van der Waals surface area contributed by atoms with Gasteiger partial charge in [0, 0.05) is 37.1 Å². The molecule has 0 unspecified atom stereocenters. The Morgan fingerprint density at radius 3 is 2.41 bits per heavy atom. The minimum absolute atomic E-state index is 0.00826. The summed E-state index contributed by atoms with van der Waals surface area (Å²) in [6, 6.07) is 7.58. The van der Waals surface area contributed by atoms with Crippen LogP contribution in [0.25, 0.3) is 0 Å². The average molecular weight is 395 g/mol. The summed E-state index contributed by atoms with van der Waals surface area (Å²) in [6.45, 7) is 4.23. The van der Waals surface area contributed by atoms with Gasteiger partial charge >= 0.3 is 0 Å². The van der Waals surface area contributed by atoms with Crippen LogP contribution in [0.3, 0.4) is 0 Å². The second-order valence-electron chi connectivity index (χ2n) is 8.29. The van der Waals surface area contributed by atoms with Crippen molar-refractivity contribution < 1.29 is 9.53 Å². The van der Waals surface area contributed by atoms with E-state index in [9.17, 15) is 4.79 Å². The monoisotopic (exact) mass is 394 g/mol. The van der Waals surface area contributed by atoms with Crippen molar-refractivity contribution in [2.75, 3.05) is 18.0 Å². The lowest BCUT2D eigenvalue weighted by atomic mass is 9.95. The summed E-state index contributed by atoms with van der Waals surface area (Å²) in [5.41, 5.74) is 0.660. The molecule has 1 aromatic carbocycles. The molecule has 2 heterocycles. The van der Waals surface area contributed by atoms with Crippen LogP contribution in [0.5, 0.6) is 11.6 Å². The normalized spacial score (nSPS) is 18.4. The van der Waals surface area contributed by atoms with Crippen molar-refractivity contribution in [2.45, 2.75) is 57.9 Å². The lowest BCUT2D eigenvalue weighted by Crippen LogP contribution is -2.36. The zero-order chi connectivity index (χ0) is 20.1. The summed E-state index contributed by atoms with van der Waals surface area (Å²) in [5.74, 6) is 2.71.